The number of nitrogens with one attached hydrogen (secondary N) is 2. The number of H-pyrrole nitrogens is 1. The van der Waals surface area contributed by atoms with Gasteiger partial charge in [-0.15, -0.1) is 0 Å². The number of amides is 1. The van der Waals surface area contributed by atoms with E-state index in [1.54, 1.807) is 6.20 Å². The Bertz CT molecular complexity index is 550. The zero-order valence-corrected chi connectivity index (χ0v) is 14.7. The van der Waals surface area contributed by atoms with Gasteiger partial charge in [0.2, 0.25) is 0 Å². The number of aromatic amines is 1. The highest BCUT2D eigenvalue weighted by Gasteiger charge is 2.16. The van der Waals surface area contributed by atoms with E-state index in [9.17, 15) is 4.79 Å². The molecule has 5 nitrogen and oxygen atoms in total. The highest BCUT2D eigenvalue weighted by atomic mass is 79.9. The van der Waals surface area contributed by atoms with Gasteiger partial charge < -0.3 is 15.0 Å². The zero-order valence-electron chi connectivity index (χ0n) is 13.1. The van der Waals surface area contributed by atoms with Gasteiger partial charge in [0.15, 0.2) is 0 Å². The Morgan fingerprint density at radius 1 is 1.43 bits per heavy atom. The summed E-state index contributed by atoms with van der Waals surface area (Å²) in [6.07, 6.45) is 5.25. The van der Waals surface area contributed by atoms with Crippen molar-refractivity contribution < 1.29 is 9.53 Å². The van der Waals surface area contributed by atoms with E-state index in [0.29, 0.717) is 12.4 Å². The first-order valence-electron chi connectivity index (χ1n) is 6.69. The lowest BCUT2D eigenvalue weighted by molar-refractivity contribution is 0.0522. The predicted molar refractivity (Wildman–Crippen MR) is 88.0 cm³/mol. The first kappa shape index (κ1) is 17.5. The summed E-state index contributed by atoms with van der Waals surface area (Å²) < 4.78 is 6.21. The summed E-state index contributed by atoms with van der Waals surface area (Å²) in [5.41, 5.74) is 1.48. The molecule has 0 aliphatic heterocycles. The molecule has 0 saturated heterocycles. The summed E-state index contributed by atoms with van der Waals surface area (Å²) in [6.45, 7) is 9.73. The minimum absolute atomic E-state index is 0.301. The second-order valence-corrected chi connectivity index (χ2v) is 6.95. The topological polar surface area (TPSA) is 67.0 Å². The fourth-order valence-corrected chi connectivity index (χ4v) is 1.58. The van der Waals surface area contributed by atoms with Crippen LogP contribution >= 0.6 is 15.9 Å². The number of carbonyl (C=O) groups excluding carboxylic acids is 1. The molecule has 1 amide bonds. The summed E-state index contributed by atoms with van der Waals surface area (Å²) in [7, 11) is 0. The van der Waals surface area contributed by atoms with Gasteiger partial charge in [-0.3, -0.25) is 0 Å². The van der Waals surface area contributed by atoms with Gasteiger partial charge in [-0.2, -0.15) is 0 Å². The molecule has 0 unspecified atom stereocenters. The van der Waals surface area contributed by atoms with E-state index >= 15 is 0 Å². The second-order valence-electron chi connectivity index (χ2n) is 5.70. The van der Waals surface area contributed by atoms with Gasteiger partial charge in [-0.25, -0.2) is 9.78 Å². The molecule has 0 fully saturated rings. The fourth-order valence-electron chi connectivity index (χ4n) is 1.45. The Kier molecular flexibility index (Phi) is 6.20. The van der Waals surface area contributed by atoms with Crippen LogP contribution in [0, 0.1) is 0 Å². The Morgan fingerprint density at radius 3 is 2.67 bits per heavy atom. The Balaban J connectivity index is 2.58. The minimum Gasteiger partial charge on any atom is -0.444 e. The van der Waals surface area contributed by atoms with Crippen LogP contribution in [0.2, 0.25) is 0 Å². The van der Waals surface area contributed by atoms with Gasteiger partial charge in [0, 0.05) is 0 Å². The van der Waals surface area contributed by atoms with Crippen LogP contribution < -0.4 is 5.32 Å². The number of imidazole rings is 1. The van der Waals surface area contributed by atoms with Gasteiger partial charge in [0.1, 0.15) is 11.4 Å². The van der Waals surface area contributed by atoms with Gasteiger partial charge >= 0.3 is 6.09 Å². The summed E-state index contributed by atoms with van der Waals surface area (Å²) in [5.74, 6) is 0.683. The standard InChI is InChI=1S/C15H22BrN3O2/c1-10(6-7-11(2)16)12-8-17-13(19-12)9-18-14(20)21-15(3,4)5/h6-8H,9H2,1-5H3,(H,17,19)(H,18,20). The van der Waals surface area contributed by atoms with Crippen LogP contribution in [0.4, 0.5) is 4.79 Å². The number of allylic oxidation sites excluding steroid dienone is 4. The predicted octanol–water partition coefficient (Wildman–Crippen LogP) is 4.14. The molecule has 1 aromatic rings. The highest BCUT2D eigenvalue weighted by Crippen LogP contribution is 2.13. The van der Waals surface area contributed by atoms with Crippen molar-refractivity contribution >= 4 is 27.6 Å². The highest BCUT2D eigenvalue weighted by molar-refractivity contribution is 9.11. The molecular weight excluding hydrogens is 334 g/mol. The first-order chi connectivity index (χ1) is 9.67. The maximum Gasteiger partial charge on any atom is 0.408 e. The number of aromatic nitrogens is 2. The SMILES string of the molecule is CC(Br)=CC=C(C)c1cnc(CNC(=O)OC(C)(C)C)[nH]1. The van der Waals surface area contributed by atoms with Crippen LogP contribution in [0.3, 0.4) is 0 Å². The molecule has 0 spiro atoms. The maximum absolute atomic E-state index is 11.6. The van der Waals surface area contributed by atoms with Crippen LogP contribution in [0.1, 0.15) is 46.1 Å². The second kappa shape index (κ2) is 7.45. The molecule has 116 valence electrons. The smallest absolute Gasteiger partial charge is 0.408 e. The lowest BCUT2D eigenvalue weighted by Gasteiger charge is -2.19. The number of hydrogen-bond acceptors (Lipinski definition) is 3. The van der Waals surface area contributed by atoms with E-state index in [2.05, 4.69) is 31.2 Å². The van der Waals surface area contributed by atoms with E-state index < -0.39 is 11.7 Å². The summed E-state index contributed by atoms with van der Waals surface area (Å²) in [5, 5.41) is 2.66. The fraction of sp³-hybridized carbons (Fsp3) is 0.467. The molecule has 1 rings (SSSR count). The van der Waals surface area contributed by atoms with Crippen LogP contribution in [0.5, 0.6) is 0 Å². The maximum atomic E-state index is 11.6. The van der Waals surface area contributed by atoms with Gasteiger partial charge in [-0.1, -0.05) is 28.1 Å². The molecule has 1 aromatic heterocycles. The summed E-state index contributed by atoms with van der Waals surface area (Å²) in [4.78, 5) is 18.9. The van der Waals surface area contributed by atoms with Crippen molar-refractivity contribution in [1.82, 2.24) is 15.3 Å². The van der Waals surface area contributed by atoms with Crippen LogP contribution in [0.15, 0.2) is 22.8 Å². The Hall–Kier alpha value is -1.56. The number of alkyl carbamates (subject to hydrolysis) is 1. The van der Waals surface area contributed by atoms with Crippen molar-refractivity contribution in [3.8, 4) is 0 Å². The monoisotopic (exact) mass is 355 g/mol. The van der Waals surface area contributed by atoms with Crippen molar-refractivity contribution in [2.75, 3.05) is 0 Å². The van der Waals surface area contributed by atoms with Crippen molar-refractivity contribution in [2.45, 2.75) is 46.8 Å². The largest absolute Gasteiger partial charge is 0.444 e. The molecule has 0 atom stereocenters. The van der Waals surface area contributed by atoms with Crippen molar-refractivity contribution in [3.05, 3.63) is 34.3 Å². The molecule has 0 aliphatic carbocycles. The average Bonchev–Trinajstić information content (AvgIpc) is 2.80. The summed E-state index contributed by atoms with van der Waals surface area (Å²) >= 11 is 3.37. The Morgan fingerprint density at radius 2 is 2.10 bits per heavy atom. The summed E-state index contributed by atoms with van der Waals surface area (Å²) in [6, 6.07) is 0. The van der Waals surface area contributed by atoms with Crippen molar-refractivity contribution in [1.29, 1.82) is 0 Å². The molecular formula is C15H22BrN3O2. The number of carbonyl (C=O) groups is 1. The quantitative estimate of drug-likeness (QED) is 0.797. The number of halogens is 1. The molecule has 0 aromatic carbocycles. The van der Waals surface area contributed by atoms with E-state index in [-0.39, 0.29) is 0 Å². The lowest BCUT2D eigenvalue weighted by Crippen LogP contribution is -2.32. The lowest BCUT2D eigenvalue weighted by atomic mass is 10.2. The molecule has 6 heteroatoms. The van der Waals surface area contributed by atoms with E-state index in [0.717, 1.165) is 15.7 Å². The van der Waals surface area contributed by atoms with Crippen LogP contribution in [-0.2, 0) is 11.3 Å². The number of nitrogens with zero attached hydrogens (tertiary/aromatic N) is 1. The molecule has 0 radical (unpaired) electrons. The Labute approximate surface area is 134 Å². The van der Waals surface area contributed by atoms with E-state index in [1.165, 1.54) is 0 Å². The van der Waals surface area contributed by atoms with Gasteiger partial charge in [0.05, 0.1) is 18.4 Å². The van der Waals surface area contributed by atoms with E-state index in [4.69, 9.17) is 4.74 Å². The van der Waals surface area contributed by atoms with Crippen LogP contribution in [-0.4, -0.2) is 21.7 Å². The van der Waals surface area contributed by atoms with Crippen molar-refractivity contribution in [2.24, 2.45) is 0 Å². The molecule has 2 N–H and O–H groups in total. The first-order valence-corrected chi connectivity index (χ1v) is 7.48. The molecule has 0 bridgehead atoms. The number of hydrogen-bond donors (Lipinski definition) is 2. The van der Waals surface area contributed by atoms with Gasteiger partial charge in [0.25, 0.3) is 0 Å². The molecule has 0 saturated carbocycles. The third-order valence-electron chi connectivity index (χ3n) is 2.42. The zero-order chi connectivity index (χ0) is 16.0. The third-order valence-corrected chi connectivity index (χ3v) is 2.68. The van der Waals surface area contributed by atoms with E-state index in [1.807, 2.05) is 46.8 Å². The van der Waals surface area contributed by atoms with Crippen molar-refractivity contribution in [3.63, 3.8) is 0 Å². The number of ether oxygens (including phenoxy) is 1. The minimum atomic E-state index is -0.502. The number of rotatable bonds is 4. The normalized spacial score (nSPS) is 13.2. The third kappa shape index (κ3) is 7.13. The van der Waals surface area contributed by atoms with Crippen LogP contribution in [0.25, 0.3) is 5.57 Å². The average molecular weight is 356 g/mol. The molecule has 21 heavy (non-hydrogen) atoms. The molecule has 0 aliphatic rings. The molecule has 1 heterocycles. The van der Waals surface area contributed by atoms with Gasteiger partial charge in [-0.05, 0) is 44.7 Å².